The third-order valence-electron chi connectivity index (χ3n) is 3.91. The average Bonchev–Trinajstić information content (AvgIpc) is 2.69. The predicted octanol–water partition coefficient (Wildman–Crippen LogP) is 6.01. The molecule has 3 aromatic rings. The Bertz CT molecular complexity index is 966. The largest absolute Gasteiger partial charge is 0.489 e. The molecule has 0 aromatic heterocycles. The van der Waals surface area contributed by atoms with Gasteiger partial charge in [0.25, 0.3) is 0 Å². The predicted molar refractivity (Wildman–Crippen MR) is 106 cm³/mol. The van der Waals surface area contributed by atoms with E-state index in [9.17, 15) is 13.6 Å². The standard InChI is InChI=1S/C22H16ClF2NO2/c23-20-2-1-3-21(25)19(20)14-28-18-10-4-15(5-11-18)22(27)12-13-26-17-8-6-16(24)7-9-17/h1-13,26H,14H2/b13-12+. The van der Waals surface area contributed by atoms with Crippen LogP contribution < -0.4 is 10.1 Å². The fraction of sp³-hybridized carbons (Fsp3) is 0.0455. The maximum Gasteiger partial charge on any atom is 0.187 e. The van der Waals surface area contributed by atoms with Gasteiger partial charge < -0.3 is 10.1 Å². The molecule has 0 aliphatic carbocycles. The van der Waals surface area contributed by atoms with Gasteiger partial charge in [0.05, 0.1) is 5.02 Å². The van der Waals surface area contributed by atoms with Crippen LogP contribution in [0.1, 0.15) is 15.9 Å². The summed E-state index contributed by atoms with van der Waals surface area (Å²) in [5.74, 6) is -0.481. The van der Waals surface area contributed by atoms with E-state index in [1.807, 2.05) is 0 Å². The van der Waals surface area contributed by atoms with E-state index in [2.05, 4.69) is 5.32 Å². The number of ketones is 1. The van der Waals surface area contributed by atoms with Crippen molar-refractivity contribution in [3.8, 4) is 5.75 Å². The number of ether oxygens (including phenoxy) is 1. The van der Waals surface area contributed by atoms with Gasteiger partial charge in [-0.15, -0.1) is 0 Å². The van der Waals surface area contributed by atoms with Crippen molar-refractivity contribution < 1.29 is 18.3 Å². The van der Waals surface area contributed by atoms with Gasteiger partial charge in [0, 0.05) is 29.1 Å². The van der Waals surface area contributed by atoms with E-state index in [1.165, 1.54) is 36.5 Å². The van der Waals surface area contributed by atoms with E-state index in [0.29, 0.717) is 22.0 Å². The van der Waals surface area contributed by atoms with E-state index in [4.69, 9.17) is 16.3 Å². The molecular weight excluding hydrogens is 384 g/mol. The quantitative estimate of drug-likeness (QED) is 0.391. The third-order valence-corrected chi connectivity index (χ3v) is 4.27. The first-order valence-corrected chi connectivity index (χ1v) is 8.79. The molecular formula is C22H16ClF2NO2. The molecule has 0 saturated carbocycles. The van der Waals surface area contributed by atoms with Crippen LogP contribution in [0.4, 0.5) is 14.5 Å². The summed E-state index contributed by atoms with van der Waals surface area (Å²) in [6.45, 7) is -0.0136. The number of benzene rings is 3. The second-order valence-corrected chi connectivity index (χ2v) is 6.27. The first-order chi connectivity index (χ1) is 13.5. The number of allylic oxidation sites excluding steroid dienone is 1. The first-order valence-electron chi connectivity index (χ1n) is 8.41. The van der Waals surface area contributed by atoms with Crippen molar-refractivity contribution in [1.82, 2.24) is 0 Å². The Morgan fingerprint density at radius 3 is 2.39 bits per heavy atom. The van der Waals surface area contributed by atoms with Crippen molar-refractivity contribution in [2.24, 2.45) is 0 Å². The smallest absolute Gasteiger partial charge is 0.187 e. The summed E-state index contributed by atoms with van der Waals surface area (Å²) in [4.78, 5) is 12.2. The molecule has 3 rings (SSSR count). The number of rotatable bonds is 7. The van der Waals surface area contributed by atoms with Crippen molar-refractivity contribution in [1.29, 1.82) is 0 Å². The molecule has 0 bridgehead atoms. The van der Waals surface area contributed by atoms with Gasteiger partial charge in [-0.3, -0.25) is 4.79 Å². The maximum absolute atomic E-state index is 13.7. The fourth-order valence-corrected chi connectivity index (χ4v) is 2.61. The monoisotopic (exact) mass is 399 g/mol. The molecule has 0 aliphatic rings. The van der Waals surface area contributed by atoms with E-state index in [1.54, 1.807) is 42.5 Å². The van der Waals surface area contributed by atoms with Gasteiger partial charge in [-0.25, -0.2) is 8.78 Å². The Morgan fingerprint density at radius 2 is 1.71 bits per heavy atom. The lowest BCUT2D eigenvalue weighted by atomic mass is 10.1. The van der Waals surface area contributed by atoms with Gasteiger partial charge in [-0.1, -0.05) is 17.7 Å². The summed E-state index contributed by atoms with van der Waals surface area (Å²) in [5, 5.41) is 3.19. The fourth-order valence-electron chi connectivity index (χ4n) is 2.40. The highest BCUT2D eigenvalue weighted by molar-refractivity contribution is 6.31. The van der Waals surface area contributed by atoms with Crippen molar-refractivity contribution in [3.05, 3.63) is 107 Å². The molecule has 0 spiro atoms. The van der Waals surface area contributed by atoms with Crippen molar-refractivity contribution in [2.45, 2.75) is 6.61 Å². The second kappa shape index (κ2) is 9.15. The van der Waals surface area contributed by atoms with Crippen LogP contribution in [-0.2, 0) is 6.61 Å². The minimum absolute atomic E-state index is 0.0136. The zero-order valence-corrected chi connectivity index (χ0v) is 15.4. The number of nitrogens with one attached hydrogen (secondary N) is 1. The highest BCUT2D eigenvalue weighted by atomic mass is 35.5. The molecule has 0 aliphatic heterocycles. The van der Waals surface area contributed by atoms with E-state index >= 15 is 0 Å². The Labute approximate surface area is 166 Å². The number of hydrogen-bond acceptors (Lipinski definition) is 3. The summed E-state index contributed by atoms with van der Waals surface area (Å²) in [6.07, 6.45) is 2.86. The zero-order chi connectivity index (χ0) is 19.9. The van der Waals surface area contributed by atoms with Crippen LogP contribution in [0.5, 0.6) is 5.75 Å². The Morgan fingerprint density at radius 1 is 1.00 bits per heavy atom. The molecule has 0 amide bonds. The van der Waals surface area contributed by atoms with Crippen LogP contribution in [0, 0.1) is 11.6 Å². The summed E-state index contributed by atoms with van der Waals surface area (Å²) in [5.41, 5.74) is 1.41. The maximum atomic E-state index is 13.7. The lowest BCUT2D eigenvalue weighted by Gasteiger charge is -2.09. The van der Waals surface area contributed by atoms with Crippen LogP contribution in [0.2, 0.25) is 5.02 Å². The van der Waals surface area contributed by atoms with Crippen LogP contribution in [0.15, 0.2) is 79.0 Å². The molecule has 28 heavy (non-hydrogen) atoms. The average molecular weight is 400 g/mol. The van der Waals surface area contributed by atoms with Crippen LogP contribution in [0.25, 0.3) is 0 Å². The number of hydrogen-bond donors (Lipinski definition) is 1. The van der Waals surface area contributed by atoms with Crippen molar-refractivity contribution >= 4 is 23.1 Å². The van der Waals surface area contributed by atoms with E-state index < -0.39 is 5.82 Å². The lowest BCUT2D eigenvalue weighted by molar-refractivity contribution is 0.104. The number of anilines is 1. The number of carbonyl (C=O) groups is 1. The minimum Gasteiger partial charge on any atom is -0.489 e. The van der Waals surface area contributed by atoms with Gasteiger partial charge in [-0.2, -0.15) is 0 Å². The van der Waals surface area contributed by atoms with E-state index in [0.717, 1.165) is 0 Å². The van der Waals surface area contributed by atoms with Crippen LogP contribution >= 0.6 is 11.6 Å². The molecule has 0 fully saturated rings. The molecule has 142 valence electrons. The van der Waals surface area contributed by atoms with Gasteiger partial charge >= 0.3 is 0 Å². The molecule has 0 heterocycles. The minimum atomic E-state index is -0.432. The number of halogens is 3. The van der Waals surface area contributed by atoms with Crippen molar-refractivity contribution in [3.63, 3.8) is 0 Å². The molecule has 3 aromatic carbocycles. The number of carbonyl (C=O) groups excluding carboxylic acids is 1. The molecule has 0 atom stereocenters. The SMILES string of the molecule is O=C(/C=C/Nc1ccc(F)cc1)c1ccc(OCc2c(F)cccc2Cl)cc1. The van der Waals surface area contributed by atoms with Gasteiger partial charge in [0.15, 0.2) is 5.78 Å². The summed E-state index contributed by atoms with van der Waals surface area (Å²) < 4.78 is 32.1. The Hall–Kier alpha value is -3.18. The molecule has 0 radical (unpaired) electrons. The zero-order valence-electron chi connectivity index (χ0n) is 14.7. The molecule has 1 N–H and O–H groups in total. The summed E-state index contributed by atoms with van der Waals surface area (Å²) in [7, 11) is 0. The van der Waals surface area contributed by atoms with E-state index in [-0.39, 0.29) is 23.8 Å². The molecule has 0 unspecified atom stereocenters. The normalized spacial score (nSPS) is 10.8. The summed E-state index contributed by atoms with van der Waals surface area (Å²) in [6, 6.07) is 16.7. The highest BCUT2D eigenvalue weighted by Crippen LogP contribution is 2.22. The third kappa shape index (κ3) is 5.18. The lowest BCUT2D eigenvalue weighted by Crippen LogP contribution is -2.00. The molecule has 0 saturated heterocycles. The van der Waals surface area contributed by atoms with Crippen LogP contribution in [0.3, 0.4) is 0 Å². The van der Waals surface area contributed by atoms with Gasteiger partial charge in [-0.05, 0) is 60.7 Å². The summed E-state index contributed by atoms with van der Waals surface area (Å²) >= 11 is 5.97. The Kier molecular flexibility index (Phi) is 6.40. The second-order valence-electron chi connectivity index (χ2n) is 5.86. The van der Waals surface area contributed by atoms with Gasteiger partial charge in [0.2, 0.25) is 0 Å². The molecule has 6 heteroatoms. The highest BCUT2D eigenvalue weighted by Gasteiger charge is 2.08. The molecule has 3 nitrogen and oxygen atoms in total. The van der Waals surface area contributed by atoms with Gasteiger partial charge in [0.1, 0.15) is 24.0 Å². The van der Waals surface area contributed by atoms with Crippen LogP contribution in [-0.4, -0.2) is 5.78 Å². The first kappa shape index (κ1) is 19.6. The topological polar surface area (TPSA) is 38.3 Å². The Balaban J connectivity index is 1.56. The van der Waals surface area contributed by atoms with Crippen molar-refractivity contribution in [2.75, 3.05) is 5.32 Å².